The summed E-state index contributed by atoms with van der Waals surface area (Å²) in [5, 5.41) is 0. The number of nitrogens with two attached hydrogens (primary N) is 1. The molecule has 1 aromatic rings. The average molecular weight is 247 g/mol. The van der Waals surface area contributed by atoms with Crippen molar-refractivity contribution in [3.8, 4) is 5.75 Å². The molecule has 1 aromatic carbocycles. The maximum Gasteiger partial charge on any atom is 0.121 e. The lowest BCUT2D eigenvalue weighted by atomic mass is 9.59. The molecule has 1 aliphatic carbocycles. The first-order valence-corrected chi connectivity index (χ1v) is 6.64. The molecule has 1 saturated carbocycles. The predicted molar refractivity (Wildman–Crippen MR) is 70.9 cm³/mol. The molecule has 1 aliphatic heterocycles. The molecule has 98 valence electrons. The van der Waals surface area contributed by atoms with Gasteiger partial charge in [-0.05, 0) is 42.9 Å². The van der Waals surface area contributed by atoms with Gasteiger partial charge in [-0.2, -0.15) is 0 Å². The Morgan fingerprint density at radius 1 is 1.33 bits per heavy atom. The van der Waals surface area contributed by atoms with E-state index < -0.39 is 0 Å². The van der Waals surface area contributed by atoms with Gasteiger partial charge in [0.05, 0.1) is 20.3 Å². The van der Waals surface area contributed by atoms with Crippen molar-refractivity contribution in [1.82, 2.24) is 0 Å². The van der Waals surface area contributed by atoms with Gasteiger partial charge in [-0.25, -0.2) is 0 Å². The molecule has 0 amide bonds. The molecule has 1 saturated heterocycles. The van der Waals surface area contributed by atoms with Crippen LogP contribution in [0.1, 0.15) is 24.0 Å². The SMILES string of the molecule is COc1ccc(C2(C3CC(N)C3)COC2)cc1C. The van der Waals surface area contributed by atoms with Crippen molar-refractivity contribution in [1.29, 1.82) is 0 Å². The normalized spacial score (nSPS) is 29.3. The van der Waals surface area contributed by atoms with Crippen molar-refractivity contribution in [3.05, 3.63) is 29.3 Å². The van der Waals surface area contributed by atoms with E-state index in [-0.39, 0.29) is 5.41 Å². The second kappa shape index (κ2) is 4.25. The third kappa shape index (κ3) is 1.65. The highest BCUT2D eigenvalue weighted by atomic mass is 16.5. The third-order valence-corrected chi connectivity index (χ3v) is 4.65. The zero-order chi connectivity index (χ0) is 12.8. The van der Waals surface area contributed by atoms with Crippen LogP contribution in [0.15, 0.2) is 18.2 Å². The number of methoxy groups -OCH3 is 1. The van der Waals surface area contributed by atoms with Crippen LogP contribution in [0.5, 0.6) is 5.75 Å². The Morgan fingerprint density at radius 3 is 2.50 bits per heavy atom. The number of aryl methyl sites for hydroxylation is 1. The molecule has 0 atom stereocenters. The first-order valence-electron chi connectivity index (χ1n) is 6.64. The predicted octanol–water partition coefficient (Wildman–Crippen LogP) is 2.01. The molecule has 3 nitrogen and oxygen atoms in total. The number of rotatable bonds is 3. The monoisotopic (exact) mass is 247 g/mol. The summed E-state index contributed by atoms with van der Waals surface area (Å²) in [6.07, 6.45) is 2.27. The quantitative estimate of drug-likeness (QED) is 0.888. The Bertz CT molecular complexity index is 448. The molecular weight excluding hydrogens is 226 g/mol. The van der Waals surface area contributed by atoms with Crippen LogP contribution in [-0.4, -0.2) is 26.4 Å². The minimum absolute atomic E-state index is 0.215. The van der Waals surface area contributed by atoms with Gasteiger partial charge in [0.1, 0.15) is 5.75 Å². The first-order chi connectivity index (χ1) is 8.65. The van der Waals surface area contributed by atoms with E-state index in [4.69, 9.17) is 15.2 Å². The summed E-state index contributed by atoms with van der Waals surface area (Å²) in [6.45, 7) is 3.79. The fourth-order valence-electron chi connectivity index (χ4n) is 3.26. The van der Waals surface area contributed by atoms with Crippen molar-refractivity contribution in [2.45, 2.75) is 31.2 Å². The van der Waals surface area contributed by atoms with Crippen molar-refractivity contribution in [2.24, 2.45) is 11.7 Å². The minimum atomic E-state index is 0.215. The largest absolute Gasteiger partial charge is 0.496 e. The van der Waals surface area contributed by atoms with E-state index in [9.17, 15) is 0 Å². The average Bonchev–Trinajstić information content (AvgIpc) is 2.25. The van der Waals surface area contributed by atoms with Gasteiger partial charge in [0.25, 0.3) is 0 Å². The number of hydrogen-bond donors (Lipinski definition) is 1. The van der Waals surface area contributed by atoms with Crippen LogP contribution in [-0.2, 0) is 10.2 Å². The topological polar surface area (TPSA) is 44.5 Å². The summed E-state index contributed by atoms with van der Waals surface area (Å²) < 4.78 is 10.8. The molecule has 0 unspecified atom stereocenters. The molecule has 2 N–H and O–H groups in total. The summed E-state index contributed by atoms with van der Waals surface area (Å²) in [5.74, 6) is 1.65. The molecule has 2 fully saturated rings. The Balaban J connectivity index is 1.90. The van der Waals surface area contributed by atoms with Gasteiger partial charge in [0, 0.05) is 11.5 Å². The highest BCUT2D eigenvalue weighted by Gasteiger charge is 2.51. The lowest BCUT2D eigenvalue weighted by Crippen LogP contribution is -2.58. The summed E-state index contributed by atoms with van der Waals surface area (Å²) in [7, 11) is 1.72. The molecule has 2 aliphatic rings. The van der Waals surface area contributed by atoms with Crippen molar-refractivity contribution >= 4 is 0 Å². The Morgan fingerprint density at radius 2 is 2.06 bits per heavy atom. The second-order valence-corrected chi connectivity index (χ2v) is 5.76. The van der Waals surface area contributed by atoms with Crippen molar-refractivity contribution in [2.75, 3.05) is 20.3 Å². The molecule has 18 heavy (non-hydrogen) atoms. The Hall–Kier alpha value is -1.06. The molecule has 3 rings (SSSR count). The van der Waals surface area contributed by atoms with E-state index in [1.165, 1.54) is 11.1 Å². The number of hydrogen-bond acceptors (Lipinski definition) is 3. The summed E-state index contributed by atoms with van der Waals surface area (Å²) in [6, 6.07) is 6.92. The van der Waals surface area contributed by atoms with Gasteiger partial charge in [-0.3, -0.25) is 0 Å². The van der Waals surface area contributed by atoms with Crippen LogP contribution >= 0.6 is 0 Å². The fraction of sp³-hybridized carbons (Fsp3) is 0.600. The van der Waals surface area contributed by atoms with Gasteiger partial charge in [0.2, 0.25) is 0 Å². The standard InChI is InChI=1S/C15H21NO2/c1-10-5-11(3-4-14(10)17-2)15(8-18-9-15)12-6-13(16)7-12/h3-5,12-13H,6-9,16H2,1-2H3. The maximum atomic E-state index is 5.94. The van der Waals surface area contributed by atoms with Crippen LogP contribution in [0.2, 0.25) is 0 Å². The highest BCUT2D eigenvalue weighted by Crippen LogP contribution is 2.48. The van der Waals surface area contributed by atoms with Gasteiger partial charge in [0.15, 0.2) is 0 Å². The number of benzene rings is 1. The van der Waals surface area contributed by atoms with Gasteiger partial charge < -0.3 is 15.2 Å². The summed E-state index contributed by atoms with van der Waals surface area (Å²) >= 11 is 0. The van der Waals surface area contributed by atoms with E-state index in [0.717, 1.165) is 31.8 Å². The number of ether oxygens (including phenoxy) is 2. The lowest BCUT2D eigenvalue weighted by Gasteiger charge is -2.53. The lowest BCUT2D eigenvalue weighted by molar-refractivity contribution is -0.111. The molecule has 0 radical (unpaired) electrons. The second-order valence-electron chi connectivity index (χ2n) is 5.76. The van der Waals surface area contributed by atoms with Crippen molar-refractivity contribution in [3.63, 3.8) is 0 Å². The smallest absolute Gasteiger partial charge is 0.121 e. The summed E-state index contributed by atoms with van der Waals surface area (Å²) in [5.41, 5.74) is 8.74. The van der Waals surface area contributed by atoms with Gasteiger partial charge >= 0.3 is 0 Å². The van der Waals surface area contributed by atoms with E-state index in [1.807, 2.05) is 0 Å². The van der Waals surface area contributed by atoms with E-state index in [2.05, 4.69) is 25.1 Å². The van der Waals surface area contributed by atoms with Crippen LogP contribution < -0.4 is 10.5 Å². The van der Waals surface area contributed by atoms with E-state index >= 15 is 0 Å². The molecule has 0 bridgehead atoms. The summed E-state index contributed by atoms with van der Waals surface area (Å²) in [4.78, 5) is 0. The molecular formula is C15H21NO2. The molecule has 1 heterocycles. The van der Waals surface area contributed by atoms with Crippen LogP contribution in [0.3, 0.4) is 0 Å². The first kappa shape index (κ1) is 12.0. The zero-order valence-electron chi connectivity index (χ0n) is 11.1. The minimum Gasteiger partial charge on any atom is -0.496 e. The van der Waals surface area contributed by atoms with Crippen LogP contribution in [0, 0.1) is 12.8 Å². The van der Waals surface area contributed by atoms with E-state index in [0.29, 0.717) is 12.0 Å². The molecule has 3 heteroatoms. The van der Waals surface area contributed by atoms with E-state index in [1.54, 1.807) is 7.11 Å². The van der Waals surface area contributed by atoms with Gasteiger partial charge in [-0.1, -0.05) is 12.1 Å². The molecule has 0 spiro atoms. The van der Waals surface area contributed by atoms with Crippen LogP contribution in [0.4, 0.5) is 0 Å². The zero-order valence-corrected chi connectivity index (χ0v) is 11.1. The van der Waals surface area contributed by atoms with Crippen LogP contribution in [0.25, 0.3) is 0 Å². The highest BCUT2D eigenvalue weighted by molar-refractivity contribution is 5.41. The third-order valence-electron chi connectivity index (χ3n) is 4.65. The van der Waals surface area contributed by atoms with Crippen molar-refractivity contribution < 1.29 is 9.47 Å². The Kier molecular flexibility index (Phi) is 2.83. The van der Waals surface area contributed by atoms with Gasteiger partial charge in [-0.15, -0.1) is 0 Å². The maximum absolute atomic E-state index is 5.94. The Labute approximate surface area is 108 Å². The molecule has 0 aromatic heterocycles. The fourth-order valence-corrected chi connectivity index (χ4v) is 3.26.